The molecule has 0 atom stereocenters. The SMILES string of the molecule is COCCCNC(=O)C(C#N)=Cc1ccc(OCc2c(C)cc(C)cc2C)cc1. The van der Waals surface area contributed by atoms with E-state index in [1.54, 1.807) is 13.2 Å². The largest absolute Gasteiger partial charge is 0.489 e. The molecule has 0 fully saturated rings. The smallest absolute Gasteiger partial charge is 0.261 e. The highest BCUT2D eigenvalue weighted by molar-refractivity contribution is 6.01. The van der Waals surface area contributed by atoms with E-state index >= 15 is 0 Å². The quantitative estimate of drug-likeness (QED) is 0.393. The Morgan fingerprint density at radius 3 is 2.38 bits per heavy atom. The molecular formula is C24H28N2O3. The van der Waals surface area contributed by atoms with Gasteiger partial charge in [0.25, 0.3) is 5.91 Å². The lowest BCUT2D eigenvalue weighted by molar-refractivity contribution is -0.117. The zero-order valence-electron chi connectivity index (χ0n) is 17.5. The molecule has 0 aromatic heterocycles. The van der Waals surface area contributed by atoms with Crippen molar-refractivity contribution in [3.05, 3.63) is 69.8 Å². The molecule has 1 amide bonds. The van der Waals surface area contributed by atoms with Crippen LogP contribution >= 0.6 is 0 Å². The molecule has 0 saturated carbocycles. The molecule has 5 nitrogen and oxygen atoms in total. The molecule has 2 aromatic carbocycles. The maximum Gasteiger partial charge on any atom is 0.261 e. The molecule has 152 valence electrons. The number of aryl methyl sites for hydroxylation is 3. The van der Waals surface area contributed by atoms with Crippen molar-refractivity contribution in [2.24, 2.45) is 0 Å². The third-order valence-corrected chi connectivity index (χ3v) is 4.59. The summed E-state index contributed by atoms with van der Waals surface area (Å²) < 4.78 is 10.9. The first-order valence-electron chi connectivity index (χ1n) is 9.63. The highest BCUT2D eigenvalue weighted by Crippen LogP contribution is 2.20. The average Bonchev–Trinajstić information content (AvgIpc) is 2.69. The minimum Gasteiger partial charge on any atom is -0.489 e. The average molecular weight is 392 g/mol. The number of benzene rings is 2. The van der Waals surface area contributed by atoms with Crippen molar-refractivity contribution in [1.82, 2.24) is 5.32 Å². The van der Waals surface area contributed by atoms with Crippen LogP contribution in [0.2, 0.25) is 0 Å². The van der Waals surface area contributed by atoms with Crippen LogP contribution in [0.3, 0.4) is 0 Å². The van der Waals surface area contributed by atoms with Crippen LogP contribution < -0.4 is 10.1 Å². The molecule has 2 aromatic rings. The van der Waals surface area contributed by atoms with Crippen LogP contribution in [-0.4, -0.2) is 26.2 Å². The predicted molar refractivity (Wildman–Crippen MR) is 115 cm³/mol. The van der Waals surface area contributed by atoms with Gasteiger partial charge in [0.15, 0.2) is 0 Å². The van der Waals surface area contributed by atoms with Gasteiger partial charge in [-0.1, -0.05) is 29.8 Å². The van der Waals surface area contributed by atoms with Crippen LogP contribution in [0.25, 0.3) is 6.08 Å². The molecule has 29 heavy (non-hydrogen) atoms. The maximum absolute atomic E-state index is 12.1. The van der Waals surface area contributed by atoms with Gasteiger partial charge in [-0.3, -0.25) is 4.79 Å². The van der Waals surface area contributed by atoms with Crippen molar-refractivity contribution in [2.75, 3.05) is 20.3 Å². The zero-order chi connectivity index (χ0) is 21.2. The Hall–Kier alpha value is -3.10. The summed E-state index contributed by atoms with van der Waals surface area (Å²) in [6.45, 7) is 7.81. The Bertz CT molecular complexity index is 886. The number of ether oxygens (including phenoxy) is 2. The van der Waals surface area contributed by atoms with Crippen LogP contribution in [-0.2, 0) is 16.1 Å². The fourth-order valence-electron chi connectivity index (χ4n) is 3.08. The molecule has 5 heteroatoms. The van der Waals surface area contributed by atoms with E-state index < -0.39 is 0 Å². The molecule has 2 rings (SSSR count). The number of amides is 1. The third-order valence-electron chi connectivity index (χ3n) is 4.59. The summed E-state index contributed by atoms with van der Waals surface area (Å²) in [6, 6.07) is 13.6. The zero-order valence-corrected chi connectivity index (χ0v) is 17.5. The van der Waals surface area contributed by atoms with Crippen molar-refractivity contribution in [3.63, 3.8) is 0 Å². The van der Waals surface area contributed by atoms with Gasteiger partial charge in [0.1, 0.15) is 24.0 Å². The lowest BCUT2D eigenvalue weighted by Crippen LogP contribution is -2.26. The van der Waals surface area contributed by atoms with Crippen LogP contribution in [0.4, 0.5) is 0 Å². The van der Waals surface area contributed by atoms with Gasteiger partial charge in [-0.2, -0.15) is 5.26 Å². The van der Waals surface area contributed by atoms with Crippen molar-refractivity contribution in [3.8, 4) is 11.8 Å². The number of nitriles is 1. The van der Waals surface area contributed by atoms with Crippen molar-refractivity contribution < 1.29 is 14.3 Å². The second kappa shape index (κ2) is 11.0. The van der Waals surface area contributed by atoms with E-state index in [0.717, 1.165) is 11.3 Å². The van der Waals surface area contributed by atoms with Crippen LogP contribution in [0.1, 0.15) is 34.2 Å². The molecule has 0 unspecified atom stereocenters. The number of nitrogens with one attached hydrogen (secondary N) is 1. The van der Waals surface area contributed by atoms with E-state index in [4.69, 9.17) is 9.47 Å². The minimum atomic E-state index is -0.380. The molecule has 0 aliphatic carbocycles. The number of hydrogen-bond donors (Lipinski definition) is 1. The van der Waals surface area contributed by atoms with Gasteiger partial charge < -0.3 is 14.8 Å². The molecule has 0 aliphatic rings. The van der Waals surface area contributed by atoms with Crippen molar-refractivity contribution >= 4 is 12.0 Å². The van der Waals surface area contributed by atoms with E-state index in [-0.39, 0.29) is 11.5 Å². The lowest BCUT2D eigenvalue weighted by atomic mass is 10.0. The highest BCUT2D eigenvalue weighted by Gasteiger charge is 2.09. The van der Waals surface area contributed by atoms with Gasteiger partial charge in [-0.05, 0) is 67.7 Å². The van der Waals surface area contributed by atoms with Gasteiger partial charge in [-0.25, -0.2) is 0 Å². The van der Waals surface area contributed by atoms with Gasteiger partial charge in [0, 0.05) is 20.3 Å². The minimum absolute atomic E-state index is 0.0713. The Morgan fingerprint density at radius 1 is 1.14 bits per heavy atom. The van der Waals surface area contributed by atoms with Crippen LogP contribution in [0, 0.1) is 32.1 Å². The number of rotatable bonds is 9. The van der Waals surface area contributed by atoms with E-state index in [1.165, 1.54) is 22.3 Å². The van der Waals surface area contributed by atoms with Gasteiger partial charge in [0.2, 0.25) is 0 Å². The Kier molecular flexibility index (Phi) is 8.45. The highest BCUT2D eigenvalue weighted by atomic mass is 16.5. The number of carbonyl (C=O) groups is 1. The number of carbonyl (C=O) groups excluding carboxylic acids is 1. The summed E-state index contributed by atoms with van der Waals surface area (Å²) in [5.74, 6) is 0.360. The third kappa shape index (κ3) is 6.78. The Labute approximate surface area is 173 Å². The van der Waals surface area contributed by atoms with E-state index in [2.05, 4.69) is 38.2 Å². The normalized spacial score (nSPS) is 11.1. The number of hydrogen-bond acceptors (Lipinski definition) is 4. The summed E-state index contributed by atoms with van der Waals surface area (Å²) in [7, 11) is 1.61. The van der Waals surface area contributed by atoms with E-state index in [0.29, 0.717) is 26.2 Å². The fraction of sp³-hybridized carbons (Fsp3) is 0.333. The second-order valence-corrected chi connectivity index (χ2v) is 7.01. The van der Waals surface area contributed by atoms with Crippen molar-refractivity contribution in [1.29, 1.82) is 5.26 Å². The molecular weight excluding hydrogens is 364 g/mol. The predicted octanol–water partition coefficient (Wildman–Crippen LogP) is 4.25. The topological polar surface area (TPSA) is 71.3 Å². The summed E-state index contributed by atoms with van der Waals surface area (Å²) >= 11 is 0. The maximum atomic E-state index is 12.1. The molecule has 0 bridgehead atoms. The number of nitrogens with zero attached hydrogens (tertiary/aromatic N) is 1. The Balaban J connectivity index is 1.99. The van der Waals surface area contributed by atoms with E-state index in [9.17, 15) is 10.1 Å². The Morgan fingerprint density at radius 2 is 1.79 bits per heavy atom. The molecule has 0 aliphatic heterocycles. The number of methoxy groups -OCH3 is 1. The first kappa shape index (κ1) is 22.2. The van der Waals surface area contributed by atoms with E-state index in [1.807, 2.05) is 30.3 Å². The fourth-order valence-corrected chi connectivity index (χ4v) is 3.08. The molecule has 0 radical (unpaired) electrons. The second-order valence-electron chi connectivity index (χ2n) is 7.01. The van der Waals surface area contributed by atoms with Crippen LogP contribution in [0.5, 0.6) is 5.75 Å². The monoisotopic (exact) mass is 392 g/mol. The first-order valence-corrected chi connectivity index (χ1v) is 9.63. The first-order chi connectivity index (χ1) is 13.9. The molecule has 1 N–H and O–H groups in total. The standard InChI is InChI=1S/C24H28N2O3/c1-17-12-18(2)23(19(3)13-17)16-29-22-8-6-20(7-9-22)14-21(15-25)24(27)26-10-5-11-28-4/h6-9,12-14H,5,10-11,16H2,1-4H3,(H,26,27). The summed E-state index contributed by atoms with van der Waals surface area (Å²) in [6.07, 6.45) is 2.27. The molecule has 0 spiro atoms. The lowest BCUT2D eigenvalue weighted by Gasteiger charge is -2.13. The molecule has 0 saturated heterocycles. The van der Waals surface area contributed by atoms with Gasteiger partial charge in [-0.15, -0.1) is 0 Å². The van der Waals surface area contributed by atoms with Gasteiger partial charge in [0.05, 0.1) is 0 Å². The van der Waals surface area contributed by atoms with Crippen LogP contribution in [0.15, 0.2) is 42.0 Å². The summed E-state index contributed by atoms with van der Waals surface area (Å²) in [5, 5.41) is 12.0. The van der Waals surface area contributed by atoms with Crippen molar-refractivity contribution in [2.45, 2.75) is 33.8 Å². The molecule has 0 heterocycles. The summed E-state index contributed by atoms with van der Waals surface area (Å²) in [5.41, 5.74) is 5.72. The summed E-state index contributed by atoms with van der Waals surface area (Å²) in [4.78, 5) is 12.1. The van der Waals surface area contributed by atoms with Gasteiger partial charge >= 0.3 is 0 Å².